The Morgan fingerprint density at radius 1 is 1.30 bits per heavy atom. The topological polar surface area (TPSA) is 24.9 Å². The van der Waals surface area contributed by atoms with Crippen molar-refractivity contribution in [2.45, 2.75) is 44.4 Å². The van der Waals surface area contributed by atoms with Crippen LogP contribution >= 0.6 is 23.1 Å². The molecule has 0 aliphatic heterocycles. The molecule has 20 heavy (non-hydrogen) atoms. The number of aryl methyl sites for hydroxylation is 2. The highest BCUT2D eigenvalue weighted by Gasteiger charge is 2.13. The van der Waals surface area contributed by atoms with E-state index in [0.29, 0.717) is 6.04 Å². The van der Waals surface area contributed by atoms with Crippen LogP contribution in [0.15, 0.2) is 29.2 Å². The summed E-state index contributed by atoms with van der Waals surface area (Å²) in [5.74, 6) is 0.954. The number of thioether (sulfide) groups is 1. The molecular weight excluding hydrogens is 284 g/mol. The fourth-order valence-electron chi connectivity index (χ4n) is 2.19. The SMILES string of the molecule is CCNC(C)c1sc(CSc2ccccc2C)nc1C. The molecule has 0 spiro atoms. The van der Waals surface area contributed by atoms with Gasteiger partial charge in [-0.25, -0.2) is 4.98 Å². The third kappa shape index (κ3) is 3.84. The van der Waals surface area contributed by atoms with Crippen LogP contribution in [0.25, 0.3) is 0 Å². The predicted molar refractivity (Wildman–Crippen MR) is 89.7 cm³/mol. The zero-order valence-corrected chi connectivity index (χ0v) is 14.2. The second-order valence-corrected chi connectivity index (χ2v) is 7.02. The van der Waals surface area contributed by atoms with Crippen LogP contribution in [0.4, 0.5) is 0 Å². The molecule has 1 heterocycles. The summed E-state index contributed by atoms with van der Waals surface area (Å²) < 4.78 is 0. The fourth-order valence-corrected chi connectivity index (χ4v) is 4.30. The van der Waals surface area contributed by atoms with E-state index >= 15 is 0 Å². The number of rotatable bonds is 6. The van der Waals surface area contributed by atoms with E-state index in [1.165, 1.54) is 26.0 Å². The molecule has 0 aliphatic rings. The zero-order chi connectivity index (χ0) is 14.5. The molecule has 2 rings (SSSR count). The van der Waals surface area contributed by atoms with Gasteiger partial charge in [0.15, 0.2) is 0 Å². The first-order valence-corrected chi connectivity index (χ1v) is 8.80. The van der Waals surface area contributed by atoms with E-state index in [1.807, 2.05) is 23.1 Å². The number of nitrogens with zero attached hydrogens (tertiary/aromatic N) is 1. The summed E-state index contributed by atoms with van der Waals surface area (Å²) in [7, 11) is 0. The number of thiazole rings is 1. The van der Waals surface area contributed by atoms with Crippen molar-refractivity contribution < 1.29 is 0 Å². The van der Waals surface area contributed by atoms with E-state index in [-0.39, 0.29) is 0 Å². The maximum absolute atomic E-state index is 4.72. The highest BCUT2D eigenvalue weighted by atomic mass is 32.2. The van der Waals surface area contributed by atoms with Gasteiger partial charge in [0, 0.05) is 15.8 Å². The highest BCUT2D eigenvalue weighted by molar-refractivity contribution is 7.98. The van der Waals surface area contributed by atoms with Gasteiger partial charge in [-0.1, -0.05) is 25.1 Å². The van der Waals surface area contributed by atoms with Crippen LogP contribution in [0.1, 0.15) is 41.0 Å². The van der Waals surface area contributed by atoms with Gasteiger partial charge in [-0.3, -0.25) is 0 Å². The van der Waals surface area contributed by atoms with E-state index in [9.17, 15) is 0 Å². The molecule has 0 aliphatic carbocycles. The van der Waals surface area contributed by atoms with Crippen molar-refractivity contribution in [3.05, 3.63) is 45.4 Å². The molecule has 2 aromatic rings. The molecule has 4 heteroatoms. The first-order chi connectivity index (χ1) is 9.61. The van der Waals surface area contributed by atoms with Crippen molar-refractivity contribution in [2.24, 2.45) is 0 Å². The second kappa shape index (κ2) is 7.25. The van der Waals surface area contributed by atoms with Crippen molar-refractivity contribution in [3.8, 4) is 0 Å². The standard InChI is InChI=1S/C16H22N2S2/c1-5-17-12(3)16-13(4)18-15(20-16)10-19-14-9-7-6-8-11(14)2/h6-9,12,17H,5,10H2,1-4H3. The van der Waals surface area contributed by atoms with Crippen molar-refractivity contribution in [1.29, 1.82) is 0 Å². The zero-order valence-electron chi connectivity index (χ0n) is 12.6. The van der Waals surface area contributed by atoms with Crippen molar-refractivity contribution >= 4 is 23.1 Å². The van der Waals surface area contributed by atoms with Gasteiger partial charge in [-0.15, -0.1) is 23.1 Å². The third-order valence-electron chi connectivity index (χ3n) is 3.23. The molecule has 0 saturated carbocycles. The molecule has 1 aromatic carbocycles. The van der Waals surface area contributed by atoms with Crippen LogP contribution in [0.2, 0.25) is 0 Å². The molecule has 2 nitrogen and oxygen atoms in total. The van der Waals surface area contributed by atoms with Gasteiger partial charge >= 0.3 is 0 Å². The number of aromatic nitrogens is 1. The van der Waals surface area contributed by atoms with E-state index < -0.39 is 0 Å². The Hall–Kier alpha value is -0.840. The normalized spacial score (nSPS) is 12.6. The Morgan fingerprint density at radius 2 is 2.05 bits per heavy atom. The van der Waals surface area contributed by atoms with Gasteiger partial charge in [-0.05, 0) is 38.9 Å². The van der Waals surface area contributed by atoms with Gasteiger partial charge in [0.1, 0.15) is 5.01 Å². The Balaban J connectivity index is 2.04. The Labute approximate surface area is 130 Å². The predicted octanol–water partition coefficient (Wildman–Crippen LogP) is 4.72. The fraction of sp³-hybridized carbons (Fsp3) is 0.438. The van der Waals surface area contributed by atoms with Gasteiger partial charge in [0.25, 0.3) is 0 Å². The molecule has 108 valence electrons. The molecule has 1 unspecified atom stereocenters. The van der Waals surface area contributed by atoms with Crippen LogP contribution in [0.3, 0.4) is 0 Å². The lowest BCUT2D eigenvalue weighted by Crippen LogP contribution is -2.17. The first kappa shape index (κ1) is 15.5. The number of nitrogens with one attached hydrogen (secondary N) is 1. The summed E-state index contributed by atoms with van der Waals surface area (Å²) in [6.07, 6.45) is 0. The smallest absolute Gasteiger partial charge is 0.103 e. The van der Waals surface area contributed by atoms with E-state index in [1.54, 1.807) is 0 Å². The Kier molecular flexibility index (Phi) is 5.64. The summed E-state index contributed by atoms with van der Waals surface area (Å²) >= 11 is 3.71. The van der Waals surface area contributed by atoms with Gasteiger partial charge in [0.05, 0.1) is 11.4 Å². The lowest BCUT2D eigenvalue weighted by molar-refractivity contribution is 0.603. The van der Waals surface area contributed by atoms with E-state index in [4.69, 9.17) is 4.98 Å². The summed E-state index contributed by atoms with van der Waals surface area (Å²) in [6.45, 7) is 9.62. The maximum Gasteiger partial charge on any atom is 0.103 e. The summed E-state index contributed by atoms with van der Waals surface area (Å²) in [4.78, 5) is 7.43. The number of hydrogen-bond donors (Lipinski definition) is 1. The number of hydrogen-bond acceptors (Lipinski definition) is 4. The van der Waals surface area contributed by atoms with Crippen LogP contribution in [0, 0.1) is 13.8 Å². The molecule has 0 bridgehead atoms. The number of benzene rings is 1. The Bertz CT molecular complexity index is 563. The first-order valence-electron chi connectivity index (χ1n) is 6.99. The molecule has 1 aromatic heterocycles. The van der Waals surface area contributed by atoms with Gasteiger partial charge in [0.2, 0.25) is 0 Å². The van der Waals surface area contributed by atoms with Crippen LogP contribution < -0.4 is 5.32 Å². The second-order valence-electron chi connectivity index (χ2n) is 4.89. The van der Waals surface area contributed by atoms with Crippen LogP contribution in [-0.4, -0.2) is 11.5 Å². The summed E-state index contributed by atoms with van der Waals surface area (Å²) in [6, 6.07) is 8.93. The maximum atomic E-state index is 4.72. The largest absolute Gasteiger partial charge is 0.310 e. The average Bonchev–Trinajstić information content (AvgIpc) is 2.79. The van der Waals surface area contributed by atoms with Crippen LogP contribution in [-0.2, 0) is 5.75 Å². The van der Waals surface area contributed by atoms with Gasteiger partial charge < -0.3 is 5.32 Å². The molecule has 1 N–H and O–H groups in total. The van der Waals surface area contributed by atoms with Crippen molar-refractivity contribution in [3.63, 3.8) is 0 Å². The van der Waals surface area contributed by atoms with E-state index in [2.05, 4.69) is 57.3 Å². The summed E-state index contributed by atoms with van der Waals surface area (Å²) in [5, 5.41) is 4.68. The lowest BCUT2D eigenvalue weighted by Gasteiger charge is -2.09. The molecule has 0 saturated heterocycles. The van der Waals surface area contributed by atoms with Crippen molar-refractivity contribution in [2.75, 3.05) is 6.54 Å². The highest BCUT2D eigenvalue weighted by Crippen LogP contribution is 2.31. The molecule has 0 amide bonds. The van der Waals surface area contributed by atoms with Crippen molar-refractivity contribution in [1.82, 2.24) is 10.3 Å². The molecule has 1 atom stereocenters. The Morgan fingerprint density at radius 3 is 2.75 bits per heavy atom. The minimum absolute atomic E-state index is 0.398. The molecule has 0 radical (unpaired) electrons. The monoisotopic (exact) mass is 306 g/mol. The minimum atomic E-state index is 0.398. The summed E-state index contributed by atoms with van der Waals surface area (Å²) in [5.41, 5.74) is 2.51. The quantitative estimate of drug-likeness (QED) is 0.781. The van der Waals surface area contributed by atoms with E-state index in [0.717, 1.165) is 12.3 Å². The lowest BCUT2D eigenvalue weighted by atomic mass is 10.2. The average molecular weight is 307 g/mol. The third-order valence-corrected chi connectivity index (χ3v) is 5.93. The van der Waals surface area contributed by atoms with Gasteiger partial charge in [-0.2, -0.15) is 0 Å². The molecular formula is C16H22N2S2. The minimum Gasteiger partial charge on any atom is -0.310 e. The molecule has 0 fully saturated rings. The van der Waals surface area contributed by atoms with Crippen LogP contribution in [0.5, 0.6) is 0 Å².